The van der Waals surface area contributed by atoms with Crippen LogP contribution in [0.15, 0.2) is 41.8 Å². The van der Waals surface area contributed by atoms with Gasteiger partial charge in [0.05, 0.1) is 23.1 Å². The van der Waals surface area contributed by atoms with E-state index in [2.05, 4.69) is 21.1 Å². The van der Waals surface area contributed by atoms with E-state index in [0.717, 1.165) is 27.6 Å². The second kappa shape index (κ2) is 4.42. The molecule has 0 aliphatic carbocycles. The third kappa shape index (κ3) is 1.86. The van der Waals surface area contributed by atoms with Crippen LogP contribution in [0.2, 0.25) is 0 Å². The summed E-state index contributed by atoms with van der Waals surface area (Å²) in [6, 6.07) is 8.09. The number of nitrogens with zero attached hydrogens (tertiary/aromatic N) is 4. The van der Waals surface area contributed by atoms with Gasteiger partial charge in [0, 0.05) is 6.20 Å². The van der Waals surface area contributed by atoms with Crippen molar-refractivity contribution in [2.75, 3.05) is 6.26 Å². The monoisotopic (exact) mass is 256 g/mol. The summed E-state index contributed by atoms with van der Waals surface area (Å²) in [6.45, 7) is 2.03. The van der Waals surface area contributed by atoms with Gasteiger partial charge < -0.3 is 0 Å². The summed E-state index contributed by atoms with van der Waals surface area (Å²) in [5, 5.41) is 5.24. The van der Waals surface area contributed by atoms with Crippen molar-refractivity contribution in [3.8, 4) is 11.4 Å². The van der Waals surface area contributed by atoms with Crippen molar-refractivity contribution in [1.29, 1.82) is 0 Å². The van der Waals surface area contributed by atoms with E-state index in [9.17, 15) is 0 Å². The fraction of sp³-hybridized carbons (Fsp3) is 0.154. The third-order valence-electron chi connectivity index (χ3n) is 2.73. The van der Waals surface area contributed by atoms with Crippen molar-refractivity contribution < 1.29 is 0 Å². The Bertz CT molecular complexity index is 688. The minimum atomic E-state index is 0.757. The normalized spacial score (nSPS) is 11.0. The molecule has 0 N–H and O–H groups in total. The van der Waals surface area contributed by atoms with E-state index in [0.29, 0.717) is 0 Å². The van der Waals surface area contributed by atoms with Gasteiger partial charge in [-0.05, 0) is 36.9 Å². The van der Waals surface area contributed by atoms with Crippen LogP contribution in [0, 0.1) is 6.92 Å². The van der Waals surface area contributed by atoms with Gasteiger partial charge in [0.2, 0.25) is 5.16 Å². The van der Waals surface area contributed by atoms with Crippen LogP contribution in [0.1, 0.15) is 5.56 Å². The minimum Gasteiger partial charge on any atom is -0.254 e. The van der Waals surface area contributed by atoms with Crippen molar-refractivity contribution >= 4 is 17.3 Å². The maximum Gasteiger partial charge on any atom is 0.207 e. The second-order valence-corrected chi connectivity index (χ2v) is 4.79. The van der Waals surface area contributed by atoms with E-state index >= 15 is 0 Å². The average Bonchev–Trinajstić information content (AvgIpc) is 2.82. The highest BCUT2D eigenvalue weighted by Gasteiger charge is 2.07. The Morgan fingerprint density at radius 3 is 2.67 bits per heavy atom. The van der Waals surface area contributed by atoms with Gasteiger partial charge in [-0.1, -0.05) is 17.8 Å². The van der Waals surface area contributed by atoms with E-state index in [1.54, 1.807) is 0 Å². The van der Waals surface area contributed by atoms with Crippen LogP contribution in [0.5, 0.6) is 0 Å². The zero-order valence-electron chi connectivity index (χ0n) is 10.2. The Hall–Kier alpha value is -1.88. The van der Waals surface area contributed by atoms with Crippen molar-refractivity contribution in [3.63, 3.8) is 0 Å². The van der Waals surface area contributed by atoms with Crippen LogP contribution in [0.3, 0.4) is 0 Å². The largest absolute Gasteiger partial charge is 0.254 e. The van der Waals surface area contributed by atoms with Crippen LogP contribution < -0.4 is 0 Å². The molecule has 0 spiro atoms. The number of hydrogen-bond donors (Lipinski definition) is 0. The Kier molecular flexibility index (Phi) is 2.76. The molecular weight excluding hydrogens is 244 g/mol. The molecule has 0 aliphatic rings. The van der Waals surface area contributed by atoms with Crippen LogP contribution >= 0.6 is 11.8 Å². The second-order valence-electron chi connectivity index (χ2n) is 4.02. The van der Waals surface area contributed by atoms with Gasteiger partial charge in [-0.2, -0.15) is 0 Å². The summed E-state index contributed by atoms with van der Waals surface area (Å²) in [7, 11) is 0. The van der Waals surface area contributed by atoms with Crippen LogP contribution in [0.25, 0.3) is 16.9 Å². The molecule has 0 atom stereocenters. The Balaban J connectivity index is 2.19. The standard InChI is InChI=1S/C13H12N4S/c1-9-3-5-11(14-7-9)12-6-4-10-8-15-13(18-2)16-17(10)12/h3-8H,1-2H3. The van der Waals surface area contributed by atoms with Crippen LogP contribution in [-0.4, -0.2) is 25.8 Å². The highest BCUT2D eigenvalue weighted by atomic mass is 32.2. The van der Waals surface area contributed by atoms with E-state index < -0.39 is 0 Å². The summed E-state index contributed by atoms with van der Waals surface area (Å²) >= 11 is 1.53. The highest BCUT2D eigenvalue weighted by molar-refractivity contribution is 7.98. The van der Waals surface area contributed by atoms with Gasteiger partial charge >= 0.3 is 0 Å². The molecular formula is C13H12N4S. The molecule has 4 nitrogen and oxygen atoms in total. The number of pyridine rings is 1. The fourth-order valence-corrected chi connectivity index (χ4v) is 2.11. The molecule has 18 heavy (non-hydrogen) atoms. The lowest BCUT2D eigenvalue weighted by molar-refractivity contribution is 0.802. The predicted molar refractivity (Wildman–Crippen MR) is 72.7 cm³/mol. The SMILES string of the molecule is CSc1ncc2ccc(-c3ccc(C)cn3)n2n1. The van der Waals surface area contributed by atoms with E-state index in [-0.39, 0.29) is 0 Å². The molecule has 0 radical (unpaired) electrons. The molecule has 3 heterocycles. The van der Waals surface area contributed by atoms with Gasteiger partial charge in [0.15, 0.2) is 0 Å². The number of aryl methyl sites for hydroxylation is 1. The minimum absolute atomic E-state index is 0.757. The van der Waals surface area contributed by atoms with Gasteiger partial charge in [0.1, 0.15) is 0 Å². The first-order valence-corrected chi connectivity index (χ1v) is 6.82. The molecule has 5 heteroatoms. The average molecular weight is 256 g/mol. The predicted octanol–water partition coefficient (Wildman–Crippen LogP) is 2.82. The summed E-state index contributed by atoms with van der Waals surface area (Å²) in [5.74, 6) is 0. The maximum atomic E-state index is 4.48. The first kappa shape index (κ1) is 11.2. The van der Waals surface area contributed by atoms with Crippen LogP contribution in [0.4, 0.5) is 0 Å². The van der Waals surface area contributed by atoms with Crippen molar-refractivity contribution in [1.82, 2.24) is 19.6 Å². The molecule has 0 aliphatic heterocycles. The zero-order valence-corrected chi connectivity index (χ0v) is 11.0. The maximum absolute atomic E-state index is 4.48. The van der Waals surface area contributed by atoms with Crippen molar-refractivity contribution in [2.24, 2.45) is 0 Å². The third-order valence-corrected chi connectivity index (χ3v) is 3.29. The number of aromatic nitrogens is 4. The molecule has 0 fully saturated rings. The summed E-state index contributed by atoms with van der Waals surface area (Å²) in [5.41, 5.74) is 4.04. The van der Waals surface area contributed by atoms with E-state index in [1.165, 1.54) is 11.8 Å². The first-order chi connectivity index (χ1) is 8.78. The lowest BCUT2D eigenvalue weighted by Crippen LogP contribution is -1.98. The molecule has 3 aromatic heterocycles. The Labute approximate surface area is 109 Å². The summed E-state index contributed by atoms with van der Waals surface area (Å²) in [4.78, 5) is 8.70. The number of rotatable bonds is 2. The molecule has 0 aromatic carbocycles. The molecule has 0 unspecified atom stereocenters. The van der Waals surface area contributed by atoms with Gasteiger partial charge in [-0.3, -0.25) is 4.98 Å². The van der Waals surface area contributed by atoms with E-state index in [4.69, 9.17) is 0 Å². The molecule has 3 aromatic rings. The summed E-state index contributed by atoms with van der Waals surface area (Å²) in [6.07, 6.45) is 5.66. The van der Waals surface area contributed by atoms with Gasteiger partial charge in [-0.25, -0.2) is 9.50 Å². The lowest BCUT2D eigenvalue weighted by Gasteiger charge is -2.03. The van der Waals surface area contributed by atoms with E-state index in [1.807, 2.05) is 48.3 Å². The Morgan fingerprint density at radius 1 is 1.06 bits per heavy atom. The molecule has 0 saturated heterocycles. The summed E-state index contributed by atoms with van der Waals surface area (Å²) < 4.78 is 1.89. The van der Waals surface area contributed by atoms with Gasteiger partial charge in [0.25, 0.3) is 0 Å². The smallest absolute Gasteiger partial charge is 0.207 e. The molecule has 0 bridgehead atoms. The van der Waals surface area contributed by atoms with Gasteiger partial charge in [-0.15, -0.1) is 5.10 Å². The zero-order chi connectivity index (χ0) is 12.5. The van der Waals surface area contributed by atoms with Crippen molar-refractivity contribution in [2.45, 2.75) is 12.1 Å². The quantitative estimate of drug-likeness (QED) is 0.661. The van der Waals surface area contributed by atoms with Crippen LogP contribution in [-0.2, 0) is 0 Å². The molecule has 90 valence electrons. The first-order valence-electron chi connectivity index (χ1n) is 5.60. The lowest BCUT2D eigenvalue weighted by atomic mass is 10.2. The molecule has 0 amide bonds. The number of hydrogen-bond acceptors (Lipinski definition) is 4. The number of fused-ring (bicyclic) bond motifs is 1. The molecule has 3 rings (SSSR count). The Morgan fingerprint density at radius 2 is 1.94 bits per heavy atom. The number of thioether (sulfide) groups is 1. The topological polar surface area (TPSA) is 43.1 Å². The fourth-order valence-electron chi connectivity index (χ4n) is 1.79. The molecule has 0 saturated carbocycles. The highest BCUT2D eigenvalue weighted by Crippen LogP contribution is 2.20. The van der Waals surface area contributed by atoms with Crippen molar-refractivity contribution in [3.05, 3.63) is 42.2 Å².